The molecule has 0 aliphatic heterocycles. The van der Waals surface area contributed by atoms with Gasteiger partial charge in [-0.25, -0.2) is 4.98 Å². The molecule has 2 aromatic heterocycles. The molecular formula is C21H29N3O2S2. The fourth-order valence-electron chi connectivity index (χ4n) is 3.86. The molecule has 0 spiro atoms. The van der Waals surface area contributed by atoms with Crippen LogP contribution in [0, 0.1) is 0 Å². The first kappa shape index (κ1) is 21.1. The number of amides is 1. The van der Waals surface area contributed by atoms with Crippen molar-refractivity contribution in [2.24, 2.45) is 0 Å². The van der Waals surface area contributed by atoms with E-state index in [9.17, 15) is 9.59 Å². The second kappa shape index (κ2) is 9.74. The Morgan fingerprint density at radius 2 is 2.14 bits per heavy atom. The summed E-state index contributed by atoms with van der Waals surface area (Å²) in [5.41, 5.74) is -0.0459. The fourth-order valence-corrected chi connectivity index (χ4v) is 5.76. The molecule has 2 heterocycles. The quantitative estimate of drug-likeness (QED) is 0.360. The van der Waals surface area contributed by atoms with Crippen molar-refractivity contribution in [3.63, 3.8) is 0 Å². The van der Waals surface area contributed by atoms with Crippen LogP contribution in [-0.2, 0) is 17.8 Å². The van der Waals surface area contributed by atoms with Crippen molar-refractivity contribution in [1.82, 2.24) is 14.5 Å². The number of nitrogens with zero attached hydrogens (tertiary/aromatic N) is 3. The van der Waals surface area contributed by atoms with Gasteiger partial charge in [-0.15, -0.1) is 17.9 Å². The Hall–Kier alpha value is -1.60. The third-order valence-electron chi connectivity index (χ3n) is 5.33. The normalized spacial score (nSPS) is 15.1. The number of fused-ring (bicyclic) bond motifs is 1. The van der Waals surface area contributed by atoms with Crippen LogP contribution in [0.1, 0.15) is 50.8 Å². The van der Waals surface area contributed by atoms with E-state index in [2.05, 4.69) is 13.5 Å². The molecule has 5 nitrogen and oxygen atoms in total. The molecule has 1 aliphatic carbocycles. The highest BCUT2D eigenvalue weighted by Gasteiger charge is 2.24. The second-order valence-electron chi connectivity index (χ2n) is 7.14. The molecule has 0 unspecified atom stereocenters. The first-order chi connectivity index (χ1) is 13.6. The zero-order valence-corrected chi connectivity index (χ0v) is 18.4. The van der Waals surface area contributed by atoms with E-state index in [4.69, 9.17) is 4.98 Å². The van der Waals surface area contributed by atoms with Crippen LogP contribution >= 0.6 is 23.1 Å². The maximum absolute atomic E-state index is 12.9. The number of thiophene rings is 1. The molecule has 1 amide bonds. The minimum atomic E-state index is -0.0459. The minimum absolute atomic E-state index is 0.0459. The summed E-state index contributed by atoms with van der Waals surface area (Å²) in [7, 11) is 0. The molecule has 152 valence electrons. The number of hydrogen-bond acceptors (Lipinski definition) is 5. The maximum atomic E-state index is 12.9. The number of carbonyl (C=O) groups is 1. The van der Waals surface area contributed by atoms with E-state index in [0.29, 0.717) is 28.9 Å². The zero-order valence-electron chi connectivity index (χ0n) is 16.8. The van der Waals surface area contributed by atoms with E-state index in [1.165, 1.54) is 31.0 Å². The first-order valence-electron chi connectivity index (χ1n) is 10.1. The molecule has 28 heavy (non-hydrogen) atoms. The first-order valence-corrected chi connectivity index (χ1v) is 12.0. The van der Waals surface area contributed by atoms with Crippen LogP contribution in [0.5, 0.6) is 0 Å². The van der Waals surface area contributed by atoms with Crippen LogP contribution < -0.4 is 5.56 Å². The van der Waals surface area contributed by atoms with E-state index in [1.807, 2.05) is 17.9 Å². The van der Waals surface area contributed by atoms with Gasteiger partial charge in [0, 0.05) is 24.0 Å². The molecule has 0 saturated heterocycles. The Morgan fingerprint density at radius 1 is 1.39 bits per heavy atom. The van der Waals surface area contributed by atoms with Gasteiger partial charge in [-0.3, -0.25) is 14.2 Å². The third-order valence-corrected chi connectivity index (χ3v) is 7.46. The standard InChI is InChI=1S/C21H29N3O2S2/c1-4-12-24-20(26)17-13-16(5-2)28-19(17)22-21(24)27-14-18(25)23(6-3)15-10-8-7-9-11-15/h4,13,15H,1,5-12,14H2,2-3H3. The highest BCUT2D eigenvalue weighted by molar-refractivity contribution is 7.99. The lowest BCUT2D eigenvalue weighted by Gasteiger charge is -2.33. The van der Waals surface area contributed by atoms with Crippen LogP contribution in [0.3, 0.4) is 0 Å². The van der Waals surface area contributed by atoms with E-state index in [-0.39, 0.29) is 11.5 Å². The van der Waals surface area contributed by atoms with Crippen molar-refractivity contribution in [1.29, 1.82) is 0 Å². The van der Waals surface area contributed by atoms with Crippen molar-refractivity contribution >= 4 is 39.2 Å². The van der Waals surface area contributed by atoms with Gasteiger partial charge in [0.25, 0.3) is 5.56 Å². The lowest BCUT2D eigenvalue weighted by molar-refractivity contribution is -0.131. The maximum Gasteiger partial charge on any atom is 0.263 e. The van der Waals surface area contributed by atoms with E-state index in [1.54, 1.807) is 22.0 Å². The Morgan fingerprint density at radius 3 is 2.79 bits per heavy atom. The van der Waals surface area contributed by atoms with Crippen LogP contribution in [-0.4, -0.2) is 38.7 Å². The smallest absolute Gasteiger partial charge is 0.263 e. The summed E-state index contributed by atoms with van der Waals surface area (Å²) in [4.78, 5) is 34.5. The molecule has 7 heteroatoms. The zero-order chi connectivity index (χ0) is 20.1. The van der Waals surface area contributed by atoms with Crippen molar-refractivity contribution in [2.75, 3.05) is 12.3 Å². The number of carbonyl (C=O) groups excluding carboxylic acids is 1. The van der Waals surface area contributed by atoms with E-state index >= 15 is 0 Å². The van der Waals surface area contributed by atoms with Gasteiger partial charge in [-0.2, -0.15) is 0 Å². The van der Waals surface area contributed by atoms with Gasteiger partial charge in [-0.05, 0) is 32.3 Å². The van der Waals surface area contributed by atoms with Gasteiger partial charge in [-0.1, -0.05) is 44.0 Å². The number of aryl methyl sites for hydroxylation is 1. The van der Waals surface area contributed by atoms with Gasteiger partial charge in [0.2, 0.25) is 5.91 Å². The van der Waals surface area contributed by atoms with Crippen molar-refractivity contribution in [3.8, 4) is 0 Å². The third kappa shape index (κ3) is 4.51. The lowest BCUT2D eigenvalue weighted by atomic mass is 9.94. The summed E-state index contributed by atoms with van der Waals surface area (Å²) in [6, 6.07) is 2.30. The molecule has 1 saturated carbocycles. The summed E-state index contributed by atoms with van der Waals surface area (Å²) in [6.07, 6.45) is 8.47. The predicted octanol–water partition coefficient (Wildman–Crippen LogP) is 4.48. The van der Waals surface area contributed by atoms with Crippen LogP contribution in [0.4, 0.5) is 0 Å². The summed E-state index contributed by atoms with van der Waals surface area (Å²) in [5, 5.41) is 1.27. The molecular weight excluding hydrogens is 390 g/mol. The van der Waals surface area contributed by atoms with Gasteiger partial charge < -0.3 is 4.90 Å². The summed E-state index contributed by atoms with van der Waals surface area (Å²) < 4.78 is 1.64. The lowest BCUT2D eigenvalue weighted by Crippen LogP contribution is -2.42. The minimum Gasteiger partial charge on any atom is -0.339 e. The molecule has 0 N–H and O–H groups in total. The monoisotopic (exact) mass is 419 g/mol. The molecule has 1 fully saturated rings. The van der Waals surface area contributed by atoms with Gasteiger partial charge >= 0.3 is 0 Å². The van der Waals surface area contributed by atoms with E-state index in [0.717, 1.165) is 35.5 Å². The number of allylic oxidation sites excluding steroid dienone is 1. The van der Waals surface area contributed by atoms with Crippen LogP contribution in [0.2, 0.25) is 0 Å². The predicted molar refractivity (Wildman–Crippen MR) is 118 cm³/mol. The van der Waals surface area contributed by atoms with Crippen LogP contribution in [0.25, 0.3) is 10.2 Å². The Labute approximate surface area is 174 Å². The average Bonchev–Trinajstić information content (AvgIpc) is 3.14. The molecule has 2 aromatic rings. The molecule has 1 aliphatic rings. The molecule has 0 atom stereocenters. The number of rotatable bonds is 8. The molecule has 0 bridgehead atoms. The highest BCUT2D eigenvalue weighted by Crippen LogP contribution is 2.27. The topological polar surface area (TPSA) is 55.2 Å². The molecule has 0 radical (unpaired) electrons. The molecule has 0 aromatic carbocycles. The number of hydrogen-bond donors (Lipinski definition) is 0. The SMILES string of the molecule is C=CCn1c(SCC(=O)N(CC)C2CCCCC2)nc2sc(CC)cc2c1=O. The van der Waals surface area contributed by atoms with Crippen molar-refractivity contribution in [2.45, 2.75) is 70.1 Å². The fraction of sp³-hybridized carbons (Fsp3) is 0.571. The Balaban J connectivity index is 1.82. The van der Waals surface area contributed by atoms with Gasteiger partial charge in [0.05, 0.1) is 11.1 Å². The number of thioether (sulfide) groups is 1. The van der Waals surface area contributed by atoms with Crippen LogP contribution in [0.15, 0.2) is 28.7 Å². The number of aromatic nitrogens is 2. The van der Waals surface area contributed by atoms with Gasteiger partial charge in [0.1, 0.15) is 4.83 Å². The Kier molecular flexibility index (Phi) is 7.35. The summed E-state index contributed by atoms with van der Waals surface area (Å²) >= 11 is 2.93. The Bertz CT molecular complexity index is 897. The average molecular weight is 420 g/mol. The summed E-state index contributed by atoms with van der Waals surface area (Å²) in [5.74, 6) is 0.449. The van der Waals surface area contributed by atoms with Crippen molar-refractivity contribution < 1.29 is 4.79 Å². The summed E-state index contributed by atoms with van der Waals surface area (Å²) in [6.45, 7) is 9.03. The highest BCUT2D eigenvalue weighted by atomic mass is 32.2. The van der Waals surface area contributed by atoms with E-state index < -0.39 is 0 Å². The largest absolute Gasteiger partial charge is 0.339 e. The van der Waals surface area contributed by atoms with Crippen molar-refractivity contribution in [3.05, 3.63) is 34.0 Å². The van der Waals surface area contributed by atoms with Gasteiger partial charge in [0.15, 0.2) is 5.16 Å². The second-order valence-corrected chi connectivity index (χ2v) is 9.20. The molecule has 3 rings (SSSR count).